The van der Waals surface area contributed by atoms with E-state index in [0.717, 1.165) is 36.5 Å². The van der Waals surface area contributed by atoms with Gasteiger partial charge in [0, 0.05) is 30.3 Å². The van der Waals surface area contributed by atoms with Crippen molar-refractivity contribution in [2.24, 2.45) is 10.3 Å². The number of nitrogens with one attached hydrogen (secondary N) is 1. The lowest BCUT2D eigenvalue weighted by Gasteiger charge is -2.25. The molecule has 1 aromatic carbocycles. The molecular weight excluding hydrogens is 296 g/mol. The van der Waals surface area contributed by atoms with E-state index in [0.29, 0.717) is 6.04 Å². The lowest BCUT2D eigenvalue weighted by atomic mass is 9.98. The van der Waals surface area contributed by atoms with Crippen LogP contribution in [0.1, 0.15) is 33.1 Å². The van der Waals surface area contributed by atoms with Crippen molar-refractivity contribution in [3.8, 4) is 0 Å². The molecule has 0 saturated heterocycles. The van der Waals surface area contributed by atoms with Gasteiger partial charge in [-0.05, 0) is 44.4 Å². The maximum absolute atomic E-state index is 6.09. The fourth-order valence-corrected chi connectivity index (χ4v) is 2.76. The molecule has 120 valence electrons. The van der Waals surface area contributed by atoms with Gasteiger partial charge in [0.15, 0.2) is 0 Å². The van der Waals surface area contributed by atoms with Crippen LogP contribution in [0, 0.1) is 0 Å². The molecule has 0 bridgehead atoms. The summed E-state index contributed by atoms with van der Waals surface area (Å²) in [5, 5.41) is 14.9. The fraction of sp³-hybridized carbons (Fsp3) is 0.529. The summed E-state index contributed by atoms with van der Waals surface area (Å²) >= 11 is 6.09. The fourth-order valence-electron chi connectivity index (χ4n) is 2.57. The lowest BCUT2D eigenvalue weighted by molar-refractivity contribution is 0.308. The number of nitrogens with zero attached hydrogens (tertiary/aromatic N) is 3. The van der Waals surface area contributed by atoms with Crippen molar-refractivity contribution in [2.75, 3.05) is 18.9 Å². The van der Waals surface area contributed by atoms with E-state index in [1.165, 1.54) is 5.57 Å². The highest BCUT2D eigenvalue weighted by Crippen LogP contribution is 2.22. The summed E-state index contributed by atoms with van der Waals surface area (Å²) in [7, 11) is 1.98. The molecule has 2 atom stereocenters. The monoisotopic (exact) mass is 320 g/mol. The summed E-state index contributed by atoms with van der Waals surface area (Å²) in [5.41, 5.74) is 2.49. The molecule has 1 aliphatic heterocycles. The standard InChI is InChI=1S/C17H25ClN4/c1-4-14-9-8-13(2)20-21-22(3)11-10-17(14)19-16-7-5-6-15(18)12-16/h5-7,9,12-13,17,19H,4,8,10-11H2,1-3H3/b14-9+,21-20?. The van der Waals surface area contributed by atoms with Crippen molar-refractivity contribution in [2.45, 2.75) is 45.2 Å². The van der Waals surface area contributed by atoms with Crippen LogP contribution < -0.4 is 5.32 Å². The van der Waals surface area contributed by atoms with Gasteiger partial charge in [-0.1, -0.05) is 41.5 Å². The Bertz CT molecular complexity index is 541. The van der Waals surface area contributed by atoms with Gasteiger partial charge in [-0.3, -0.25) is 5.01 Å². The molecule has 1 aromatic rings. The quantitative estimate of drug-likeness (QED) is 0.801. The van der Waals surface area contributed by atoms with Crippen LogP contribution in [-0.4, -0.2) is 30.7 Å². The Morgan fingerprint density at radius 2 is 2.23 bits per heavy atom. The highest BCUT2D eigenvalue weighted by atomic mass is 35.5. The average Bonchev–Trinajstić information content (AvgIpc) is 2.50. The van der Waals surface area contributed by atoms with Gasteiger partial charge in [0.05, 0.1) is 6.04 Å². The van der Waals surface area contributed by atoms with Crippen LogP contribution in [0.2, 0.25) is 5.02 Å². The number of anilines is 1. The minimum Gasteiger partial charge on any atom is -0.378 e. The van der Waals surface area contributed by atoms with E-state index < -0.39 is 0 Å². The highest BCUT2D eigenvalue weighted by Gasteiger charge is 2.15. The number of rotatable bonds is 3. The predicted octanol–water partition coefficient (Wildman–Crippen LogP) is 4.94. The van der Waals surface area contributed by atoms with Crippen molar-refractivity contribution in [1.82, 2.24) is 5.01 Å². The van der Waals surface area contributed by atoms with Crippen molar-refractivity contribution in [3.05, 3.63) is 40.9 Å². The van der Waals surface area contributed by atoms with Gasteiger partial charge < -0.3 is 5.32 Å². The molecule has 4 nitrogen and oxygen atoms in total. The Hall–Kier alpha value is -1.55. The second kappa shape index (κ2) is 8.18. The van der Waals surface area contributed by atoms with E-state index in [4.69, 9.17) is 11.6 Å². The summed E-state index contributed by atoms with van der Waals surface area (Å²) in [5.74, 6) is 0. The van der Waals surface area contributed by atoms with Crippen LogP contribution >= 0.6 is 11.6 Å². The Kier molecular flexibility index (Phi) is 6.25. The van der Waals surface area contributed by atoms with E-state index in [9.17, 15) is 0 Å². The van der Waals surface area contributed by atoms with Crippen LogP contribution in [-0.2, 0) is 0 Å². The topological polar surface area (TPSA) is 40.0 Å². The maximum atomic E-state index is 6.09. The van der Waals surface area contributed by atoms with Crippen molar-refractivity contribution in [3.63, 3.8) is 0 Å². The van der Waals surface area contributed by atoms with E-state index in [2.05, 4.69) is 41.6 Å². The van der Waals surface area contributed by atoms with E-state index >= 15 is 0 Å². The SMILES string of the molecule is CC/C1=C\CC(C)N=NN(C)CCC1Nc1cccc(Cl)c1. The Labute approximate surface area is 138 Å². The van der Waals surface area contributed by atoms with Gasteiger partial charge in [0.2, 0.25) is 0 Å². The van der Waals surface area contributed by atoms with Crippen LogP contribution in [0.15, 0.2) is 46.3 Å². The van der Waals surface area contributed by atoms with Gasteiger partial charge >= 0.3 is 0 Å². The molecule has 0 fully saturated rings. The number of benzene rings is 1. The number of halogens is 1. The normalized spacial score (nSPS) is 25.5. The minimum atomic E-state index is 0.217. The maximum Gasteiger partial charge on any atom is 0.0736 e. The van der Waals surface area contributed by atoms with Crippen LogP contribution in [0.25, 0.3) is 0 Å². The van der Waals surface area contributed by atoms with E-state index in [-0.39, 0.29) is 6.04 Å². The van der Waals surface area contributed by atoms with Crippen molar-refractivity contribution >= 4 is 17.3 Å². The molecule has 1 heterocycles. The molecule has 22 heavy (non-hydrogen) atoms. The van der Waals surface area contributed by atoms with Crippen LogP contribution in [0.4, 0.5) is 5.69 Å². The van der Waals surface area contributed by atoms with Crippen molar-refractivity contribution < 1.29 is 0 Å². The molecule has 0 radical (unpaired) electrons. The van der Waals surface area contributed by atoms with Gasteiger partial charge in [-0.15, -0.1) is 0 Å². The Morgan fingerprint density at radius 1 is 1.41 bits per heavy atom. The molecule has 0 aromatic heterocycles. The largest absolute Gasteiger partial charge is 0.378 e. The second-order valence-electron chi connectivity index (χ2n) is 5.80. The molecule has 5 heteroatoms. The minimum absolute atomic E-state index is 0.217. The van der Waals surface area contributed by atoms with E-state index in [1.54, 1.807) is 0 Å². The molecule has 0 amide bonds. The summed E-state index contributed by atoms with van der Waals surface area (Å²) in [4.78, 5) is 0. The highest BCUT2D eigenvalue weighted by molar-refractivity contribution is 6.30. The molecule has 2 unspecified atom stereocenters. The molecule has 0 saturated carbocycles. The molecule has 0 spiro atoms. The molecule has 1 N–H and O–H groups in total. The first-order valence-corrected chi connectivity index (χ1v) is 8.29. The van der Waals surface area contributed by atoms with Gasteiger partial charge in [-0.25, -0.2) is 0 Å². The molecule has 0 aliphatic carbocycles. The lowest BCUT2D eigenvalue weighted by Crippen LogP contribution is -2.28. The zero-order valence-electron chi connectivity index (χ0n) is 13.6. The molecule has 1 aliphatic rings. The Balaban J connectivity index is 2.18. The van der Waals surface area contributed by atoms with E-state index in [1.807, 2.05) is 30.3 Å². The van der Waals surface area contributed by atoms with Gasteiger partial charge in [0.1, 0.15) is 0 Å². The smallest absolute Gasteiger partial charge is 0.0736 e. The average molecular weight is 321 g/mol. The summed E-state index contributed by atoms with van der Waals surface area (Å²) in [6.07, 6.45) is 5.26. The second-order valence-corrected chi connectivity index (χ2v) is 6.24. The third-order valence-electron chi connectivity index (χ3n) is 3.89. The number of hydrogen-bond acceptors (Lipinski definition) is 4. The third-order valence-corrected chi connectivity index (χ3v) is 4.12. The zero-order valence-corrected chi connectivity index (χ0v) is 14.3. The van der Waals surface area contributed by atoms with Gasteiger partial charge in [-0.2, -0.15) is 5.11 Å². The summed E-state index contributed by atoms with van der Waals surface area (Å²) in [6.45, 7) is 5.17. The summed E-state index contributed by atoms with van der Waals surface area (Å²) < 4.78 is 0. The first-order chi connectivity index (χ1) is 10.6. The first-order valence-electron chi connectivity index (χ1n) is 7.91. The first kappa shape index (κ1) is 16.8. The molecule has 2 rings (SSSR count). The Morgan fingerprint density at radius 3 is 2.95 bits per heavy atom. The van der Waals surface area contributed by atoms with Crippen LogP contribution in [0.3, 0.4) is 0 Å². The van der Waals surface area contributed by atoms with Crippen molar-refractivity contribution in [1.29, 1.82) is 0 Å². The van der Waals surface area contributed by atoms with Gasteiger partial charge in [0.25, 0.3) is 0 Å². The third kappa shape index (κ3) is 5.02. The van der Waals surface area contributed by atoms with Crippen LogP contribution in [0.5, 0.6) is 0 Å². The zero-order chi connectivity index (χ0) is 15.9. The molecular formula is C17H25ClN4. The predicted molar refractivity (Wildman–Crippen MR) is 93.4 cm³/mol. The number of hydrogen-bond donors (Lipinski definition) is 1. The summed E-state index contributed by atoms with van der Waals surface area (Å²) in [6, 6.07) is 8.42.